The Balaban J connectivity index is 1.80. The molecular weight excluding hydrogens is 374 g/mol. The summed E-state index contributed by atoms with van der Waals surface area (Å²) in [6.45, 7) is 2.12. The van der Waals surface area contributed by atoms with Gasteiger partial charge in [0.15, 0.2) is 0 Å². The first-order chi connectivity index (χ1) is 12.8. The van der Waals surface area contributed by atoms with Gasteiger partial charge in [0.25, 0.3) is 0 Å². The first-order valence-electron chi connectivity index (χ1n) is 8.34. The summed E-state index contributed by atoms with van der Waals surface area (Å²) in [6, 6.07) is 7.48. The number of nitrogens with zero attached hydrogens (tertiary/aromatic N) is 1. The third-order valence-electron chi connectivity index (χ3n) is 4.27. The fourth-order valence-corrected chi connectivity index (χ4v) is 4.63. The molecule has 0 saturated carbocycles. The van der Waals surface area contributed by atoms with Crippen LogP contribution in [0.3, 0.4) is 0 Å². The zero-order chi connectivity index (χ0) is 19.6. The number of hydrogen-bond acceptors (Lipinski definition) is 7. The fourth-order valence-electron chi connectivity index (χ4n) is 2.97. The molecule has 1 aliphatic heterocycles. The molecule has 146 valence electrons. The zero-order valence-corrected chi connectivity index (χ0v) is 16.1. The number of methoxy groups -OCH3 is 2. The van der Waals surface area contributed by atoms with E-state index in [1.807, 2.05) is 0 Å². The van der Waals surface area contributed by atoms with E-state index in [4.69, 9.17) is 18.6 Å². The van der Waals surface area contributed by atoms with Crippen molar-refractivity contribution < 1.29 is 27.0 Å². The van der Waals surface area contributed by atoms with Crippen LogP contribution >= 0.6 is 0 Å². The highest BCUT2D eigenvalue weighted by atomic mass is 32.2. The molecule has 1 unspecified atom stereocenters. The second kappa shape index (κ2) is 7.61. The van der Waals surface area contributed by atoms with Crippen molar-refractivity contribution in [2.75, 3.05) is 27.3 Å². The minimum Gasteiger partial charge on any atom is -0.497 e. The van der Waals surface area contributed by atoms with E-state index in [0.717, 1.165) is 0 Å². The monoisotopic (exact) mass is 395 g/mol. The van der Waals surface area contributed by atoms with Crippen LogP contribution in [-0.2, 0) is 10.0 Å². The lowest BCUT2D eigenvalue weighted by atomic mass is 10.3. The van der Waals surface area contributed by atoms with Gasteiger partial charge in [0.05, 0.1) is 26.8 Å². The van der Waals surface area contributed by atoms with Crippen LogP contribution in [0, 0.1) is 6.92 Å². The highest BCUT2D eigenvalue weighted by Crippen LogP contribution is 2.32. The Morgan fingerprint density at radius 1 is 1.11 bits per heavy atom. The van der Waals surface area contributed by atoms with Gasteiger partial charge in [-0.05, 0) is 25.5 Å². The van der Waals surface area contributed by atoms with Crippen molar-refractivity contribution in [3.05, 3.63) is 46.5 Å². The van der Waals surface area contributed by atoms with Crippen molar-refractivity contribution in [1.82, 2.24) is 4.31 Å². The molecule has 0 N–H and O–H groups in total. The van der Waals surface area contributed by atoms with Gasteiger partial charge in [-0.3, -0.25) is 0 Å². The van der Waals surface area contributed by atoms with Gasteiger partial charge in [-0.15, -0.1) is 0 Å². The van der Waals surface area contributed by atoms with Crippen molar-refractivity contribution in [2.24, 2.45) is 0 Å². The number of aryl methyl sites for hydroxylation is 1. The Morgan fingerprint density at radius 2 is 1.89 bits per heavy atom. The topological polar surface area (TPSA) is 95.3 Å². The minimum atomic E-state index is -3.79. The van der Waals surface area contributed by atoms with Gasteiger partial charge < -0.3 is 18.6 Å². The maximum absolute atomic E-state index is 13.1. The summed E-state index contributed by atoms with van der Waals surface area (Å²) < 4.78 is 48.5. The van der Waals surface area contributed by atoms with E-state index in [1.54, 1.807) is 25.1 Å². The van der Waals surface area contributed by atoms with Crippen LogP contribution in [-0.4, -0.2) is 46.1 Å². The molecule has 1 aliphatic rings. The molecule has 1 aromatic carbocycles. The molecule has 2 heterocycles. The van der Waals surface area contributed by atoms with E-state index in [9.17, 15) is 13.2 Å². The molecule has 0 aliphatic carbocycles. The Hall–Kier alpha value is -2.52. The van der Waals surface area contributed by atoms with Crippen LogP contribution in [0.5, 0.6) is 17.2 Å². The van der Waals surface area contributed by atoms with Gasteiger partial charge in [-0.2, -0.15) is 4.31 Å². The van der Waals surface area contributed by atoms with Crippen LogP contribution in [0.4, 0.5) is 0 Å². The molecule has 1 atom stereocenters. The van der Waals surface area contributed by atoms with E-state index in [-0.39, 0.29) is 23.3 Å². The highest BCUT2D eigenvalue weighted by molar-refractivity contribution is 7.89. The van der Waals surface area contributed by atoms with Crippen molar-refractivity contribution in [2.45, 2.75) is 24.3 Å². The summed E-state index contributed by atoms with van der Waals surface area (Å²) in [5, 5.41) is 0. The number of rotatable bonds is 6. The second-order valence-electron chi connectivity index (χ2n) is 6.13. The van der Waals surface area contributed by atoms with Gasteiger partial charge in [0.2, 0.25) is 10.0 Å². The lowest BCUT2D eigenvalue weighted by Crippen LogP contribution is -2.31. The average Bonchev–Trinajstić information content (AvgIpc) is 3.09. The summed E-state index contributed by atoms with van der Waals surface area (Å²) in [5.74, 6) is 1.47. The molecule has 1 saturated heterocycles. The van der Waals surface area contributed by atoms with E-state index in [0.29, 0.717) is 30.2 Å². The van der Waals surface area contributed by atoms with Gasteiger partial charge in [-0.25, -0.2) is 13.2 Å². The van der Waals surface area contributed by atoms with Crippen LogP contribution < -0.4 is 19.8 Å². The predicted molar refractivity (Wildman–Crippen MR) is 97.1 cm³/mol. The van der Waals surface area contributed by atoms with Crippen LogP contribution in [0.15, 0.2) is 44.4 Å². The molecule has 0 spiro atoms. The average molecular weight is 395 g/mol. The van der Waals surface area contributed by atoms with Crippen LogP contribution in [0.1, 0.15) is 12.2 Å². The molecule has 8 nitrogen and oxygen atoms in total. The summed E-state index contributed by atoms with van der Waals surface area (Å²) in [5.41, 5.74) is -0.506. The van der Waals surface area contributed by atoms with E-state index < -0.39 is 15.6 Å². The predicted octanol–water partition coefficient (Wildman–Crippen LogP) is 1.81. The molecule has 1 aromatic heterocycles. The Labute approximate surface area is 157 Å². The Morgan fingerprint density at radius 3 is 2.56 bits per heavy atom. The fraction of sp³-hybridized carbons (Fsp3) is 0.389. The third-order valence-corrected chi connectivity index (χ3v) is 6.15. The molecule has 27 heavy (non-hydrogen) atoms. The molecule has 0 radical (unpaired) electrons. The van der Waals surface area contributed by atoms with Gasteiger partial charge in [0.1, 0.15) is 34.0 Å². The van der Waals surface area contributed by atoms with Crippen molar-refractivity contribution in [1.29, 1.82) is 0 Å². The van der Waals surface area contributed by atoms with Crippen molar-refractivity contribution in [3.8, 4) is 17.2 Å². The molecular formula is C18H21NO7S. The smallest absolute Gasteiger partial charge is 0.339 e. The molecule has 3 rings (SSSR count). The third kappa shape index (κ3) is 4.09. The van der Waals surface area contributed by atoms with E-state index in [2.05, 4.69) is 0 Å². The van der Waals surface area contributed by atoms with Crippen molar-refractivity contribution >= 4 is 10.0 Å². The molecule has 1 fully saturated rings. The summed E-state index contributed by atoms with van der Waals surface area (Å²) >= 11 is 0. The lowest BCUT2D eigenvalue weighted by molar-refractivity contribution is 0.213. The zero-order valence-electron chi connectivity index (χ0n) is 15.3. The van der Waals surface area contributed by atoms with E-state index >= 15 is 0 Å². The molecule has 9 heteroatoms. The Bertz CT molecular complexity index is 983. The summed E-state index contributed by atoms with van der Waals surface area (Å²) in [6.07, 6.45) is 0.141. The van der Waals surface area contributed by atoms with Crippen LogP contribution in [0.25, 0.3) is 0 Å². The molecule has 0 bridgehead atoms. The quantitative estimate of drug-likeness (QED) is 0.736. The summed E-state index contributed by atoms with van der Waals surface area (Å²) in [7, 11) is -0.902. The highest BCUT2D eigenvalue weighted by Gasteiger charge is 2.35. The van der Waals surface area contributed by atoms with Gasteiger partial charge in [-0.1, -0.05) is 0 Å². The lowest BCUT2D eigenvalue weighted by Gasteiger charge is -2.19. The first-order valence-corrected chi connectivity index (χ1v) is 9.78. The number of benzene rings is 1. The van der Waals surface area contributed by atoms with E-state index in [1.165, 1.54) is 30.7 Å². The van der Waals surface area contributed by atoms with Gasteiger partial charge in [0, 0.05) is 18.7 Å². The summed E-state index contributed by atoms with van der Waals surface area (Å²) in [4.78, 5) is 11.5. The van der Waals surface area contributed by atoms with Crippen molar-refractivity contribution in [3.63, 3.8) is 0 Å². The maximum atomic E-state index is 13.1. The number of ether oxygens (including phenoxy) is 3. The van der Waals surface area contributed by atoms with Crippen LogP contribution in [0.2, 0.25) is 0 Å². The second-order valence-corrected chi connectivity index (χ2v) is 8.04. The first kappa shape index (κ1) is 19.2. The largest absolute Gasteiger partial charge is 0.497 e. The maximum Gasteiger partial charge on any atom is 0.339 e. The number of hydrogen-bond donors (Lipinski definition) is 0. The Kier molecular flexibility index (Phi) is 5.43. The molecule has 2 aromatic rings. The molecule has 0 amide bonds. The van der Waals surface area contributed by atoms with Gasteiger partial charge >= 0.3 is 5.63 Å². The normalized spacial score (nSPS) is 17.7. The standard InChI is InChI=1S/C18H21NO7S/c1-12-8-15(10-18(20)25-12)26-14-6-7-19(11-14)27(21,22)17-9-13(23-2)4-5-16(17)24-3/h4-5,8-10,14H,6-7,11H2,1-3H3. The minimum absolute atomic E-state index is 0.0428. The number of sulfonamides is 1. The SMILES string of the molecule is COc1ccc(OC)c(S(=O)(=O)N2CCC(Oc3cc(C)oc(=O)c3)C2)c1.